The molecule has 2 aromatic carbocycles. The smallest absolute Gasteiger partial charge is 0.229 e. The highest BCUT2D eigenvalue weighted by Crippen LogP contribution is 2.28. The number of ether oxygens (including phenoxy) is 1. The van der Waals surface area contributed by atoms with Crippen LogP contribution in [0.4, 0.5) is 0 Å². The minimum absolute atomic E-state index is 0.188. The molecule has 0 bridgehead atoms. The zero-order valence-electron chi connectivity index (χ0n) is 13.7. The fourth-order valence-corrected chi connectivity index (χ4v) is 2.72. The third-order valence-electron chi connectivity index (χ3n) is 2.83. The Morgan fingerprint density at radius 2 is 1.75 bits per heavy atom. The Morgan fingerprint density at radius 1 is 1.08 bits per heavy atom. The third-order valence-corrected chi connectivity index (χ3v) is 4.18. The summed E-state index contributed by atoms with van der Waals surface area (Å²) in [5, 5.41) is 3.41. The number of halogens is 1. The summed E-state index contributed by atoms with van der Waals surface area (Å²) >= 11 is 7.66. The van der Waals surface area contributed by atoms with E-state index in [0.29, 0.717) is 16.5 Å². The first-order valence-corrected chi connectivity index (χ1v) is 9.18. The highest BCUT2D eigenvalue weighted by molar-refractivity contribution is 7.99. The summed E-state index contributed by atoms with van der Waals surface area (Å²) in [6.07, 6.45) is 1.12. The Hall–Kier alpha value is -1.69. The lowest BCUT2D eigenvalue weighted by Crippen LogP contribution is -2.23. The number of amides is 1. The van der Waals surface area contributed by atoms with E-state index in [4.69, 9.17) is 16.3 Å². The fraction of sp³-hybridized carbons (Fsp3) is 0.278. The molecule has 0 saturated carbocycles. The van der Waals surface area contributed by atoms with Crippen LogP contribution < -0.4 is 15.8 Å². The van der Waals surface area contributed by atoms with Gasteiger partial charge in [0.15, 0.2) is 0 Å². The van der Waals surface area contributed by atoms with Crippen molar-refractivity contribution in [2.45, 2.75) is 6.42 Å². The van der Waals surface area contributed by atoms with Crippen molar-refractivity contribution in [3.63, 3.8) is 0 Å². The monoisotopic (exact) mass is 366 g/mol. The number of rotatable bonds is 2. The maximum atomic E-state index is 10.6. The van der Waals surface area contributed by atoms with Gasteiger partial charge >= 0.3 is 0 Å². The minimum Gasteiger partial charge on any atom is -0.456 e. The van der Waals surface area contributed by atoms with Gasteiger partial charge in [-0.3, -0.25) is 4.79 Å². The number of para-hydroxylation sites is 2. The molecule has 6 heteroatoms. The van der Waals surface area contributed by atoms with Crippen molar-refractivity contribution in [2.75, 3.05) is 25.1 Å². The maximum absolute atomic E-state index is 10.6. The van der Waals surface area contributed by atoms with Crippen molar-refractivity contribution in [2.24, 2.45) is 5.73 Å². The number of nitrogens with two attached hydrogens (primary N) is 1. The van der Waals surface area contributed by atoms with Crippen LogP contribution in [0.15, 0.2) is 54.6 Å². The van der Waals surface area contributed by atoms with E-state index in [1.165, 1.54) is 7.05 Å². The van der Waals surface area contributed by atoms with Crippen molar-refractivity contribution in [1.29, 1.82) is 0 Å². The lowest BCUT2D eigenvalue weighted by molar-refractivity contribution is -0.118. The largest absolute Gasteiger partial charge is 0.456 e. The summed E-state index contributed by atoms with van der Waals surface area (Å²) in [4.78, 5) is 10.6. The van der Waals surface area contributed by atoms with E-state index >= 15 is 0 Å². The first-order valence-electron chi connectivity index (χ1n) is 7.65. The van der Waals surface area contributed by atoms with Crippen LogP contribution >= 0.6 is 23.4 Å². The average molecular weight is 367 g/mol. The predicted octanol–water partition coefficient (Wildman–Crippen LogP) is 3.95. The molecule has 0 spiro atoms. The number of carbonyl (C=O) groups excluding carboxylic acids is 1. The first kappa shape index (κ1) is 20.4. The van der Waals surface area contributed by atoms with E-state index in [2.05, 4.69) is 11.1 Å². The van der Waals surface area contributed by atoms with Crippen LogP contribution in [0, 0.1) is 0 Å². The van der Waals surface area contributed by atoms with Crippen molar-refractivity contribution >= 4 is 29.3 Å². The van der Waals surface area contributed by atoms with E-state index < -0.39 is 0 Å². The number of hydrogen-bond donors (Lipinski definition) is 2. The summed E-state index contributed by atoms with van der Waals surface area (Å²) in [7, 11) is 1.50. The number of benzene rings is 2. The van der Waals surface area contributed by atoms with E-state index in [1.54, 1.807) is 17.8 Å². The van der Waals surface area contributed by atoms with E-state index in [0.717, 1.165) is 24.5 Å². The van der Waals surface area contributed by atoms with Gasteiger partial charge in [-0.05, 0) is 43.5 Å². The van der Waals surface area contributed by atoms with Gasteiger partial charge in [-0.1, -0.05) is 41.9 Å². The van der Waals surface area contributed by atoms with Gasteiger partial charge in [-0.25, -0.2) is 0 Å². The molecule has 1 aliphatic rings. The van der Waals surface area contributed by atoms with Gasteiger partial charge in [-0.2, -0.15) is 11.8 Å². The average Bonchev–Trinajstić information content (AvgIpc) is 2.88. The summed E-state index contributed by atoms with van der Waals surface area (Å²) in [6.45, 7) is 0.867. The highest BCUT2D eigenvalue weighted by Gasteiger charge is 2.03. The standard InChI is InChI=1S/C12H9ClO.C5H9NOS.CH5N/c13-11-8-4-5-9-12(11)14-10-6-2-1-3-7-10;7-5-4-8-3-1-2-6-5;1-2/h1-9H;1-4H2,(H,6,7);2H2,1H3. The quantitative estimate of drug-likeness (QED) is 0.844. The molecule has 1 saturated heterocycles. The van der Waals surface area contributed by atoms with E-state index in [-0.39, 0.29) is 5.91 Å². The fourth-order valence-electron chi connectivity index (χ4n) is 1.76. The minimum atomic E-state index is 0.188. The molecule has 0 aliphatic carbocycles. The molecule has 2 aromatic rings. The Bertz CT molecular complexity index is 587. The van der Waals surface area contributed by atoms with Crippen molar-refractivity contribution in [3.8, 4) is 11.5 Å². The SMILES string of the molecule is CN.Clc1ccccc1Oc1ccccc1.O=C1CSCCCN1. The van der Waals surface area contributed by atoms with Crippen LogP contribution in [0.5, 0.6) is 11.5 Å². The summed E-state index contributed by atoms with van der Waals surface area (Å²) in [5.41, 5.74) is 4.50. The van der Waals surface area contributed by atoms with Crippen LogP contribution in [-0.4, -0.2) is 31.0 Å². The van der Waals surface area contributed by atoms with Gasteiger partial charge < -0.3 is 15.8 Å². The zero-order valence-corrected chi connectivity index (χ0v) is 15.3. The maximum Gasteiger partial charge on any atom is 0.229 e. The second-order valence-electron chi connectivity index (χ2n) is 4.60. The third kappa shape index (κ3) is 8.24. The topological polar surface area (TPSA) is 64.3 Å². The van der Waals surface area contributed by atoms with Crippen molar-refractivity contribution in [3.05, 3.63) is 59.6 Å². The van der Waals surface area contributed by atoms with Gasteiger partial charge in [0.05, 0.1) is 10.8 Å². The van der Waals surface area contributed by atoms with Crippen LogP contribution in [0.25, 0.3) is 0 Å². The van der Waals surface area contributed by atoms with Crippen LogP contribution in [0.2, 0.25) is 5.02 Å². The van der Waals surface area contributed by atoms with Crippen molar-refractivity contribution in [1.82, 2.24) is 5.32 Å². The Kier molecular flexibility index (Phi) is 10.8. The Morgan fingerprint density at radius 3 is 2.46 bits per heavy atom. The highest BCUT2D eigenvalue weighted by atomic mass is 35.5. The lowest BCUT2D eigenvalue weighted by Gasteiger charge is -2.06. The van der Waals surface area contributed by atoms with Gasteiger partial charge in [0.25, 0.3) is 0 Å². The molecule has 0 aromatic heterocycles. The summed E-state index contributed by atoms with van der Waals surface area (Å²) < 4.78 is 5.58. The van der Waals surface area contributed by atoms with Crippen LogP contribution in [0.1, 0.15) is 6.42 Å². The molecule has 0 atom stereocenters. The molecule has 3 rings (SSSR count). The molecule has 1 aliphatic heterocycles. The summed E-state index contributed by atoms with van der Waals surface area (Å²) in [5.74, 6) is 3.44. The summed E-state index contributed by atoms with van der Waals surface area (Å²) in [6, 6.07) is 17.0. The molecule has 130 valence electrons. The number of hydrogen-bond acceptors (Lipinski definition) is 4. The number of carbonyl (C=O) groups is 1. The first-order chi connectivity index (χ1) is 11.8. The predicted molar refractivity (Wildman–Crippen MR) is 103 cm³/mol. The molecule has 24 heavy (non-hydrogen) atoms. The molecule has 0 radical (unpaired) electrons. The molecule has 3 N–H and O–H groups in total. The van der Waals surface area contributed by atoms with E-state index in [1.807, 2.05) is 48.5 Å². The van der Waals surface area contributed by atoms with Gasteiger partial charge in [-0.15, -0.1) is 0 Å². The zero-order chi connectivity index (χ0) is 17.6. The Labute approximate surface area is 152 Å². The second kappa shape index (κ2) is 12.7. The van der Waals surface area contributed by atoms with Gasteiger partial charge in [0, 0.05) is 6.54 Å². The number of thioether (sulfide) groups is 1. The van der Waals surface area contributed by atoms with Crippen LogP contribution in [0.3, 0.4) is 0 Å². The molecule has 4 nitrogen and oxygen atoms in total. The molecule has 1 fully saturated rings. The lowest BCUT2D eigenvalue weighted by atomic mass is 10.3. The normalized spacial score (nSPS) is 13.2. The van der Waals surface area contributed by atoms with Crippen LogP contribution in [-0.2, 0) is 4.79 Å². The molecule has 1 amide bonds. The van der Waals surface area contributed by atoms with Gasteiger partial charge in [0.1, 0.15) is 11.5 Å². The molecular formula is C18H23ClN2O2S. The molecule has 0 unspecified atom stereocenters. The Balaban J connectivity index is 0.000000245. The number of nitrogens with one attached hydrogen (secondary N) is 1. The molecular weight excluding hydrogens is 344 g/mol. The van der Waals surface area contributed by atoms with E-state index in [9.17, 15) is 4.79 Å². The van der Waals surface area contributed by atoms with Crippen molar-refractivity contribution < 1.29 is 9.53 Å². The van der Waals surface area contributed by atoms with Gasteiger partial charge in [0.2, 0.25) is 5.91 Å². The molecule has 1 heterocycles. The second-order valence-corrected chi connectivity index (χ2v) is 6.11.